The molecule has 0 saturated carbocycles. The summed E-state index contributed by atoms with van der Waals surface area (Å²) in [7, 11) is 5.15. The monoisotopic (exact) mass is 772 g/mol. The fourth-order valence-electron chi connectivity index (χ4n) is 7.28. The van der Waals surface area contributed by atoms with E-state index in [1.165, 1.54) is 18.4 Å². The van der Waals surface area contributed by atoms with Crippen LogP contribution in [-0.2, 0) is 35.0 Å². The van der Waals surface area contributed by atoms with Crippen LogP contribution >= 0.6 is 11.3 Å². The Bertz CT molecular complexity index is 1460. The predicted molar refractivity (Wildman–Crippen MR) is 210 cm³/mol. The summed E-state index contributed by atoms with van der Waals surface area (Å²) in [6.07, 6.45) is 4.38. The number of carboxylic acids is 1. The molecule has 1 aliphatic rings. The van der Waals surface area contributed by atoms with Crippen molar-refractivity contribution >= 4 is 34.9 Å². The number of hydrogen-bond acceptors (Lipinski definition) is 10. The van der Waals surface area contributed by atoms with Gasteiger partial charge in [0.15, 0.2) is 5.78 Å². The van der Waals surface area contributed by atoms with Gasteiger partial charge < -0.3 is 29.5 Å². The number of benzene rings is 1. The van der Waals surface area contributed by atoms with Gasteiger partial charge in [-0.2, -0.15) is 0 Å². The van der Waals surface area contributed by atoms with Crippen molar-refractivity contribution in [3.63, 3.8) is 0 Å². The normalized spacial score (nSPS) is 18.4. The molecule has 1 aromatic heterocycles. The van der Waals surface area contributed by atoms with Crippen molar-refractivity contribution in [2.45, 2.75) is 110 Å². The van der Waals surface area contributed by atoms with Gasteiger partial charge in [-0.15, -0.1) is 11.3 Å². The van der Waals surface area contributed by atoms with Crippen LogP contribution < -0.4 is 5.32 Å². The Kier molecular flexibility index (Phi) is 19.2. The standard InChI is InChI=1S/C41H64N4O8S/c1-9-28(4)32(23-36(46)34-17-13-14-18-44(34)6)40(48)45(19-20-51-7)35(27(2)3)24-37(53-26-52-8)39-43-33(25-54-39)38(47)42-31(21-29(5)41(49)50)22-30-15-11-10-12-16-30/h10-12,15-16,25,27-29,31-32,34-35,37H,9,13-14,17-24,26H2,1-8H3,(H,42,47)(H,49,50). The Morgan fingerprint density at radius 3 is 2.39 bits per heavy atom. The number of thiazole rings is 1. The van der Waals surface area contributed by atoms with E-state index in [1.54, 1.807) is 19.4 Å². The molecule has 12 nitrogen and oxygen atoms in total. The highest BCUT2D eigenvalue weighted by Gasteiger charge is 2.38. The topological polar surface area (TPSA) is 148 Å². The van der Waals surface area contributed by atoms with Crippen molar-refractivity contribution in [1.82, 2.24) is 20.1 Å². The maximum atomic E-state index is 14.7. The number of ketones is 1. The molecule has 54 heavy (non-hydrogen) atoms. The number of aromatic nitrogens is 1. The van der Waals surface area contributed by atoms with E-state index in [1.807, 2.05) is 42.3 Å². The number of likely N-dealkylation sites (tertiary alicyclic amines) is 1. The van der Waals surface area contributed by atoms with Crippen LogP contribution in [0.3, 0.4) is 0 Å². The lowest BCUT2D eigenvalue weighted by Gasteiger charge is -2.40. The number of nitrogens with one attached hydrogen (secondary N) is 1. The van der Waals surface area contributed by atoms with Crippen molar-refractivity contribution < 1.29 is 38.5 Å². The minimum absolute atomic E-state index is 0.00187. The summed E-state index contributed by atoms with van der Waals surface area (Å²) in [6.45, 7) is 11.4. The summed E-state index contributed by atoms with van der Waals surface area (Å²) in [5.41, 5.74) is 1.19. The number of carboxylic acid groups (broad SMARTS) is 1. The Morgan fingerprint density at radius 1 is 1.06 bits per heavy atom. The third-order valence-corrected chi connectivity index (χ3v) is 11.7. The number of piperidine rings is 1. The van der Waals surface area contributed by atoms with E-state index in [4.69, 9.17) is 19.2 Å². The average molecular weight is 773 g/mol. The molecule has 7 unspecified atom stereocenters. The minimum atomic E-state index is -0.923. The predicted octanol–water partition coefficient (Wildman–Crippen LogP) is 6.25. The Balaban J connectivity index is 1.88. The molecule has 0 radical (unpaired) electrons. The molecule has 0 bridgehead atoms. The quantitative estimate of drug-likeness (QED) is 0.117. The number of aliphatic carboxylic acids is 1. The first kappa shape index (κ1) is 45.2. The number of hydrogen-bond donors (Lipinski definition) is 2. The molecule has 2 aromatic rings. The van der Waals surface area contributed by atoms with Gasteiger partial charge in [0.2, 0.25) is 5.91 Å². The molecule has 0 spiro atoms. The largest absolute Gasteiger partial charge is 0.481 e. The Hall–Kier alpha value is -3.23. The van der Waals surface area contributed by atoms with Crippen molar-refractivity contribution in [2.75, 3.05) is 47.8 Å². The van der Waals surface area contributed by atoms with E-state index in [-0.39, 0.29) is 60.9 Å². The van der Waals surface area contributed by atoms with Crippen molar-refractivity contribution in [1.29, 1.82) is 0 Å². The van der Waals surface area contributed by atoms with Gasteiger partial charge in [0.1, 0.15) is 23.6 Å². The van der Waals surface area contributed by atoms with Gasteiger partial charge in [-0.05, 0) is 56.7 Å². The molecule has 2 amide bonds. The third kappa shape index (κ3) is 13.5. The van der Waals surface area contributed by atoms with Gasteiger partial charge in [-0.25, -0.2) is 4.98 Å². The van der Waals surface area contributed by atoms with Crippen LogP contribution in [0.2, 0.25) is 0 Å². The second kappa shape index (κ2) is 23.0. The molecule has 3 rings (SSSR count). The zero-order valence-electron chi connectivity index (χ0n) is 33.6. The number of ether oxygens (including phenoxy) is 3. The maximum Gasteiger partial charge on any atom is 0.306 e. The lowest BCUT2D eigenvalue weighted by molar-refractivity contribution is -0.146. The van der Waals surface area contributed by atoms with Crippen LogP contribution in [0, 0.1) is 23.7 Å². The van der Waals surface area contributed by atoms with E-state index in [9.17, 15) is 24.3 Å². The summed E-state index contributed by atoms with van der Waals surface area (Å²) in [6, 6.07) is 8.75. The number of likely N-dealkylation sites (N-methyl/N-ethyl adjacent to an activating group) is 1. The van der Waals surface area contributed by atoms with E-state index in [2.05, 4.69) is 37.9 Å². The summed E-state index contributed by atoms with van der Waals surface area (Å²) in [5, 5.41) is 14.9. The van der Waals surface area contributed by atoms with Crippen molar-refractivity contribution in [2.24, 2.45) is 23.7 Å². The number of carbonyl (C=O) groups is 4. The summed E-state index contributed by atoms with van der Waals surface area (Å²) < 4.78 is 17.0. The van der Waals surface area contributed by atoms with Crippen LogP contribution in [0.5, 0.6) is 0 Å². The first-order valence-electron chi connectivity index (χ1n) is 19.5. The van der Waals surface area contributed by atoms with Crippen LogP contribution in [0.1, 0.15) is 107 Å². The summed E-state index contributed by atoms with van der Waals surface area (Å²) >= 11 is 1.29. The molecule has 2 N–H and O–H groups in total. The molecule has 0 aliphatic carbocycles. The second-order valence-corrected chi connectivity index (χ2v) is 16.1. The maximum absolute atomic E-state index is 14.7. The lowest BCUT2D eigenvalue weighted by Crippen LogP contribution is -2.50. The molecule has 1 aromatic carbocycles. The van der Waals surface area contributed by atoms with Gasteiger partial charge in [0.05, 0.1) is 18.6 Å². The number of Topliss-reactive ketones (excluding diaryl/α,β-unsaturated/α-hetero) is 1. The number of methoxy groups -OCH3 is 2. The highest BCUT2D eigenvalue weighted by Crippen LogP contribution is 2.33. The lowest BCUT2D eigenvalue weighted by atomic mass is 9.82. The zero-order chi connectivity index (χ0) is 39.8. The second-order valence-electron chi connectivity index (χ2n) is 15.2. The molecule has 7 atom stereocenters. The van der Waals surface area contributed by atoms with Gasteiger partial charge >= 0.3 is 5.97 Å². The highest BCUT2D eigenvalue weighted by molar-refractivity contribution is 7.09. The molecule has 302 valence electrons. The number of carbonyl (C=O) groups excluding carboxylic acids is 3. The SMILES string of the molecule is CCC(C)C(CC(=O)C1CCCCN1C)C(=O)N(CCOC)C(CC(OCOC)c1nc(C(=O)NC(Cc2ccccc2)CC(C)C(=O)O)cs1)C(C)C. The molecule has 1 aliphatic heterocycles. The van der Waals surface area contributed by atoms with Crippen LogP contribution in [0.4, 0.5) is 0 Å². The van der Waals surface area contributed by atoms with Crippen molar-refractivity contribution in [3.05, 3.63) is 52.0 Å². The van der Waals surface area contributed by atoms with Crippen LogP contribution in [0.25, 0.3) is 0 Å². The molecule has 13 heteroatoms. The highest BCUT2D eigenvalue weighted by atomic mass is 32.1. The molecule has 1 saturated heterocycles. The Labute approximate surface area is 326 Å². The fraction of sp³-hybridized carbons (Fsp3) is 0.683. The molecular weight excluding hydrogens is 709 g/mol. The smallest absolute Gasteiger partial charge is 0.306 e. The number of amides is 2. The molecule has 2 heterocycles. The number of rotatable bonds is 24. The zero-order valence-corrected chi connectivity index (χ0v) is 34.4. The fourth-order valence-corrected chi connectivity index (χ4v) is 8.14. The van der Waals surface area contributed by atoms with E-state index < -0.39 is 35.9 Å². The van der Waals surface area contributed by atoms with Gasteiger partial charge in [-0.3, -0.25) is 24.1 Å². The first-order valence-corrected chi connectivity index (χ1v) is 20.3. The summed E-state index contributed by atoms with van der Waals surface area (Å²) in [5.74, 6) is -2.37. The average Bonchev–Trinajstić information content (AvgIpc) is 3.65. The van der Waals surface area contributed by atoms with Crippen LogP contribution in [-0.4, -0.2) is 109 Å². The van der Waals surface area contributed by atoms with Gasteiger partial charge in [0, 0.05) is 57.0 Å². The van der Waals surface area contributed by atoms with E-state index in [0.717, 1.165) is 37.8 Å². The summed E-state index contributed by atoms with van der Waals surface area (Å²) in [4.78, 5) is 62.5. The van der Waals surface area contributed by atoms with E-state index in [0.29, 0.717) is 31.0 Å². The third-order valence-electron chi connectivity index (χ3n) is 10.8. The van der Waals surface area contributed by atoms with Crippen molar-refractivity contribution in [3.8, 4) is 0 Å². The van der Waals surface area contributed by atoms with E-state index >= 15 is 0 Å². The van der Waals surface area contributed by atoms with Crippen LogP contribution in [0.15, 0.2) is 35.7 Å². The minimum Gasteiger partial charge on any atom is -0.481 e. The molecular formula is C41H64N4O8S. The Morgan fingerprint density at radius 2 is 1.78 bits per heavy atom. The van der Waals surface area contributed by atoms with Gasteiger partial charge in [-0.1, -0.05) is 77.8 Å². The first-order chi connectivity index (χ1) is 25.8. The van der Waals surface area contributed by atoms with Gasteiger partial charge in [0.25, 0.3) is 5.91 Å². The molecule has 1 fully saturated rings. The number of nitrogens with zero attached hydrogens (tertiary/aromatic N) is 3.